The molecule has 0 spiro atoms. The van der Waals surface area contributed by atoms with E-state index in [1.54, 1.807) is 0 Å². The van der Waals surface area contributed by atoms with E-state index >= 15 is 0 Å². The van der Waals surface area contributed by atoms with E-state index in [1.807, 2.05) is 0 Å². The Balaban J connectivity index is 1.43. The number of rotatable bonds is 5. The molecule has 0 radical (unpaired) electrons. The van der Waals surface area contributed by atoms with Gasteiger partial charge in [0, 0.05) is 11.4 Å². The van der Waals surface area contributed by atoms with Gasteiger partial charge in [0.25, 0.3) is 0 Å². The molecule has 3 rings (SSSR count). The minimum Gasteiger partial charge on any atom is -0.356 e. The lowest BCUT2D eigenvalue weighted by molar-refractivity contribution is 0.586. The summed E-state index contributed by atoms with van der Waals surface area (Å²) in [5.41, 5.74) is 4.02. The predicted octanol–water partition coefficient (Wildman–Crippen LogP) is 5.57. The Morgan fingerprint density at radius 2 is 1.86 bits per heavy atom. The van der Waals surface area contributed by atoms with Crippen LogP contribution in [0.2, 0.25) is 0 Å². The van der Waals surface area contributed by atoms with Crippen molar-refractivity contribution in [1.29, 1.82) is 0 Å². The van der Waals surface area contributed by atoms with Gasteiger partial charge in [0.15, 0.2) is 0 Å². The standard InChI is InChI=1S/C21H27N/c1-17-7-9-18(10-8-17)11-12-19-13-15-21(16-14-19)22-20-5-3-2-4-6-20/h3,5-7,9-10,13,15-17,19,22H,2,4,8,11-12,14H2,1H3. The van der Waals surface area contributed by atoms with Crippen molar-refractivity contribution in [3.63, 3.8) is 0 Å². The molecule has 3 aliphatic rings. The molecule has 3 aliphatic carbocycles. The highest BCUT2D eigenvalue weighted by atomic mass is 14.9. The summed E-state index contributed by atoms with van der Waals surface area (Å²) < 4.78 is 0. The van der Waals surface area contributed by atoms with Crippen molar-refractivity contribution in [2.24, 2.45) is 11.8 Å². The van der Waals surface area contributed by atoms with Gasteiger partial charge in [-0.2, -0.15) is 0 Å². The second-order valence-corrected chi connectivity index (χ2v) is 6.67. The van der Waals surface area contributed by atoms with Gasteiger partial charge in [-0.3, -0.25) is 0 Å². The highest BCUT2D eigenvalue weighted by molar-refractivity contribution is 5.31. The van der Waals surface area contributed by atoms with Crippen molar-refractivity contribution in [3.8, 4) is 0 Å². The van der Waals surface area contributed by atoms with E-state index in [9.17, 15) is 0 Å². The second kappa shape index (κ2) is 7.49. The number of nitrogens with one attached hydrogen (secondary N) is 1. The van der Waals surface area contributed by atoms with E-state index in [1.165, 1.54) is 42.7 Å². The zero-order valence-electron chi connectivity index (χ0n) is 13.6. The van der Waals surface area contributed by atoms with Crippen LogP contribution in [0.25, 0.3) is 0 Å². The molecule has 0 aromatic heterocycles. The van der Waals surface area contributed by atoms with Gasteiger partial charge >= 0.3 is 0 Å². The fourth-order valence-electron chi connectivity index (χ4n) is 3.15. The van der Waals surface area contributed by atoms with Crippen molar-refractivity contribution >= 4 is 0 Å². The van der Waals surface area contributed by atoms with E-state index in [0.717, 1.165) is 18.8 Å². The molecule has 0 amide bonds. The summed E-state index contributed by atoms with van der Waals surface area (Å²) in [5.74, 6) is 1.41. The van der Waals surface area contributed by atoms with Gasteiger partial charge in [0.05, 0.1) is 0 Å². The molecule has 2 atom stereocenters. The zero-order valence-corrected chi connectivity index (χ0v) is 13.6. The largest absolute Gasteiger partial charge is 0.356 e. The molecule has 1 N–H and O–H groups in total. The molecule has 0 aromatic rings. The van der Waals surface area contributed by atoms with E-state index in [0.29, 0.717) is 5.92 Å². The maximum absolute atomic E-state index is 3.51. The highest BCUT2D eigenvalue weighted by Gasteiger charge is 2.11. The van der Waals surface area contributed by atoms with Crippen molar-refractivity contribution in [2.45, 2.75) is 45.4 Å². The van der Waals surface area contributed by atoms with Crippen LogP contribution in [-0.2, 0) is 0 Å². The maximum Gasteiger partial charge on any atom is 0.0340 e. The maximum atomic E-state index is 3.51. The summed E-state index contributed by atoms with van der Waals surface area (Å²) in [5, 5.41) is 3.51. The number of hydrogen-bond acceptors (Lipinski definition) is 1. The summed E-state index contributed by atoms with van der Waals surface area (Å²) in [6.45, 7) is 2.28. The molecule has 1 heteroatoms. The van der Waals surface area contributed by atoms with Crippen LogP contribution < -0.4 is 5.32 Å². The molecular formula is C21H27N. The van der Waals surface area contributed by atoms with E-state index in [4.69, 9.17) is 0 Å². The first-order valence-corrected chi connectivity index (χ1v) is 8.69. The van der Waals surface area contributed by atoms with E-state index in [-0.39, 0.29) is 0 Å². The van der Waals surface area contributed by atoms with Gasteiger partial charge in [0.1, 0.15) is 0 Å². The zero-order chi connectivity index (χ0) is 15.2. The average Bonchev–Trinajstić information content (AvgIpc) is 2.57. The topological polar surface area (TPSA) is 12.0 Å². The van der Waals surface area contributed by atoms with Gasteiger partial charge < -0.3 is 5.32 Å². The minimum absolute atomic E-state index is 0.690. The van der Waals surface area contributed by atoms with Gasteiger partial charge in [0.2, 0.25) is 0 Å². The second-order valence-electron chi connectivity index (χ2n) is 6.67. The molecule has 22 heavy (non-hydrogen) atoms. The Labute approximate surface area is 134 Å². The Hall–Kier alpha value is -1.76. The lowest BCUT2D eigenvalue weighted by Crippen LogP contribution is -2.14. The first-order valence-electron chi connectivity index (χ1n) is 8.69. The molecule has 0 saturated carbocycles. The lowest BCUT2D eigenvalue weighted by atomic mass is 9.90. The first kappa shape index (κ1) is 15.1. The molecule has 0 fully saturated rings. The summed E-state index contributed by atoms with van der Waals surface area (Å²) in [4.78, 5) is 0. The van der Waals surface area contributed by atoms with Crippen LogP contribution in [0.1, 0.15) is 45.4 Å². The van der Waals surface area contributed by atoms with Gasteiger partial charge in [-0.1, -0.05) is 55.0 Å². The fourth-order valence-corrected chi connectivity index (χ4v) is 3.15. The third kappa shape index (κ3) is 4.37. The third-order valence-electron chi connectivity index (χ3n) is 4.67. The van der Waals surface area contributed by atoms with Crippen LogP contribution in [0.15, 0.2) is 71.7 Å². The van der Waals surface area contributed by atoms with Crippen LogP contribution in [0.4, 0.5) is 0 Å². The van der Waals surface area contributed by atoms with Gasteiger partial charge in [-0.25, -0.2) is 0 Å². The van der Waals surface area contributed by atoms with Crippen molar-refractivity contribution in [3.05, 3.63) is 71.7 Å². The molecule has 0 aromatic carbocycles. The third-order valence-corrected chi connectivity index (χ3v) is 4.67. The quantitative estimate of drug-likeness (QED) is 0.698. The molecule has 116 valence electrons. The molecule has 1 nitrogen and oxygen atoms in total. The predicted molar refractivity (Wildman–Crippen MR) is 95.2 cm³/mol. The van der Waals surface area contributed by atoms with Crippen molar-refractivity contribution in [2.75, 3.05) is 0 Å². The first-order chi connectivity index (χ1) is 10.8. The monoisotopic (exact) mass is 293 g/mol. The smallest absolute Gasteiger partial charge is 0.0340 e. The van der Waals surface area contributed by atoms with E-state index in [2.05, 4.69) is 66.9 Å². The van der Waals surface area contributed by atoms with Crippen LogP contribution >= 0.6 is 0 Å². The number of hydrogen-bond donors (Lipinski definition) is 1. The van der Waals surface area contributed by atoms with Gasteiger partial charge in [-0.05, 0) is 62.5 Å². The molecular weight excluding hydrogens is 266 g/mol. The Morgan fingerprint density at radius 3 is 2.55 bits per heavy atom. The summed E-state index contributed by atoms with van der Waals surface area (Å²) in [6.07, 6.45) is 27.9. The lowest BCUT2D eigenvalue weighted by Gasteiger charge is -2.19. The molecule has 2 unspecified atom stereocenters. The molecule has 0 bridgehead atoms. The molecule has 0 saturated heterocycles. The molecule has 0 aliphatic heterocycles. The summed E-state index contributed by atoms with van der Waals surface area (Å²) in [6, 6.07) is 0. The van der Waals surface area contributed by atoms with Crippen LogP contribution in [0.3, 0.4) is 0 Å². The van der Waals surface area contributed by atoms with Gasteiger partial charge in [-0.15, -0.1) is 0 Å². The normalized spacial score (nSPS) is 27.2. The Bertz CT molecular complexity index is 569. The van der Waals surface area contributed by atoms with Crippen molar-refractivity contribution < 1.29 is 0 Å². The highest BCUT2D eigenvalue weighted by Crippen LogP contribution is 2.25. The number of allylic oxidation sites excluding steroid dienone is 10. The fraction of sp³-hybridized carbons (Fsp3) is 0.429. The SMILES string of the molecule is CC1C=CC(CCC2C=CC(NC3=CCCC=C3)=CC2)=CC1. The van der Waals surface area contributed by atoms with Crippen LogP contribution in [0, 0.1) is 11.8 Å². The minimum atomic E-state index is 0.690. The van der Waals surface area contributed by atoms with E-state index < -0.39 is 0 Å². The van der Waals surface area contributed by atoms with Crippen LogP contribution in [-0.4, -0.2) is 0 Å². The summed E-state index contributed by atoms with van der Waals surface area (Å²) >= 11 is 0. The van der Waals surface area contributed by atoms with Crippen molar-refractivity contribution in [1.82, 2.24) is 5.32 Å². The molecule has 0 heterocycles. The Kier molecular flexibility index (Phi) is 5.15. The van der Waals surface area contributed by atoms with Crippen LogP contribution in [0.5, 0.6) is 0 Å². The average molecular weight is 293 g/mol. The Morgan fingerprint density at radius 1 is 0.955 bits per heavy atom. The summed E-state index contributed by atoms with van der Waals surface area (Å²) in [7, 11) is 0.